The Morgan fingerprint density at radius 3 is 2.33 bits per heavy atom. The monoisotopic (exact) mass is 311 g/mol. The zero-order valence-electron chi connectivity index (χ0n) is 9.08. The highest BCUT2D eigenvalue weighted by molar-refractivity contribution is 9.10. The van der Waals surface area contributed by atoms with E-state index in [0.29, 0.717) is 15.7 Å². The summed E-state index contributed by atoms with van der Waals surface area (Å²) in [6.07, 6.45) is 0. The van der Waals surface area contributed by atoms with Crippen LogP contribution in [0, 0.1) is 11.6 Å². The fourth-order valence-corrected chi connectivity index (χ4v) is 2.06. The maximum atomic E-state index is 13.1. The zero-order chi connectivity index (χ0) is 13.3. The fourth-order valence-electron chi connectivity index (χ4n) is 1.55. The van der Waals surface area contributed by atoms with E-state index in [2.05, 4.69) is 15.9 Å². The number of hydrogen-bond donors (Lipinski definition) is 1. The third-order valence-corrected chi connectivity index (χ3v) is 2.82. The molecule has 2 aromatic rings. The van der Waals surface area contributed by atoms with Gasteiger partial charge >= 0.3 is 0 Å². The first-order chi connectivity index (χ1) is 8.47. The van der Waals surface area contributed by atoms with E-state index in [1.165, 1.54) is 12.1 Å². The highest BCUT2D eigenvalue weighted by Gasteiger charge is 2.13. The molecule has 2 aromatic carbocycles. The fraction of sp³-hybridized carbons (Fsp3) is 0. The van der Waals surface area contributed by atoms with Crippen LogP contribution in [0.3, 0.4) is 0 Å². The van der Waals surface area contributed by atoms with Gasteiger partial charge in [-0.1, -0.05) is 15.9 Å². The number of halogens is 3. The molecule has 0 radical (unpaired) electrons. The number of nitrogens with two attached hydrogens (primary N) is 1. The molecular formula is C13H8BrF2NO. The number of rotatable bonds is 2. The van der Waals surface area contributed by atoms with Crippen LogP contribution in [0.25, 0.3) is 0 Å². The smallest absolute Gasteiger partial charge is 0.193 e. The molecular weight excluding hydrogens is 304 g/mol. The molecule has 0 spiro atoms. The quantitative estimate of drug-likeness (QED) is 0.681. The maximum Gasteiger partial charge on any atom is 0.193 e. The molecule has 0 fully saturated rings. The van der Waals surface area contributed by atoms with Crippen LogP contribution in [0.5, 0.6) is 0 Å². The van der Waals surface area contributed by atoms with Crippen molar-refractivity contribution in [1.29, 1.82) is 0 Å². The second-order valence-electron chi connectivity index (χ2n) is 3.73. The second-order valence-corrected chi connectivity index (χ2v) is 4.65. The molecule has 0 saturated carbocycles. The number of carbonyl (C=O) groups is 1. The van der Waals surface area contributed by atoms with Crippen LogP contribution in [0.2, 0.25) is 0 Å². The highest BCUT2D eigenvalue weighted by Crippen LogP contribution is 2.20. The van der Waals surface area contributed by atoms with Crippen molar-refractivity contribution >= 4 is 27.4 Å². The van der Waals surface area contributed by atoms with Crippen molar-refractivity contribution in [2.24, 2.45) is 0 Å². The summed E-state index contributed by atoms with van der Waals surface area (Å²) in [5, 5.41) is 0. The molecule has 0 saturated heterocycles. The van der Waals surface area contributed by atoms with Crippen LogP contribution in [-0.2, 0) is 0 Å². The summed E-state index contributed by atoms with van der Waals surface area (Å²) in [7, 11) is 0. The number of anilines is 1. The van der Waals surface area contributed by atoms with Crippen LogP contribution in [-0.4, -0.2) is 5.78 Å². The molecule has 0 aliphatic rings. The molecule has 0 aliphatic heterocycles. The Bertz CT molecular complexity index is 608. The molecule has 0 heterocycles. The zero-order valence-corrected chi connectivity index (χ0v) is 10.7. The lowest BCUT2D eigenvalue weighted by molar-refractivity contribution is 0.103. The van der Waals surface area contributed by atoms with E-state index >= 15 is 0 Å². The summed E-state index contributed by atoms with van der Waals surface area (Å²) in [5.74, 6) is -2.45. The van der Waals surface area contributed by atoms with Gasteiger partial charge in [0.2, 0.25) is 0 Å². The minimum absolute atomic E-state index is 0.0754. The van der Waals surface area contributed by atoms with E-state index in [1.807, 2.05) is 0 Å². The molecule has 2 rings (SSSR count). The van der Waals surface area contributed by atoms with E-state index in [9.17, 15) is 13.6 Å². The van der Waals surface area contributed by atoms with Crippen LogP contribution in [0.15, 0.2) is 40.9 Å². The Balaban J connectivity index is 2.44. The lowest BCUT2D eigenvalue weighted by Gasteiger charge is -2.04. The lowest BCUT2D eigenvalue weighted by atomic mass is 10.0. The van der Waals surface area contributed by atoms with Gasteiger partial charge < -0.3 is 5.73 Å². The maximum absolute atomic E-state index is 13.1. The molecule has 0 amide bonds. The van der Waals surface area contributed by atoms with Crippen LogP contribution < -0.4 is 5.73 Å². The first-order valence-corrected chi connectivity index (χ1v) is 5.82. The van der Waals surface area contributed by atoms with Crippen molar-refractivity contribution < 1.29 is 13.6 Å². The van der Waals surface area contributed by atoms with E-state index < -0.39 is 17.4 Å². The minimum atomic E-state index is -1.05. The topological polar surface area (TPSA) is 43.1 Å². The van der Waals surface area contributed by atoms with Crippen molar-refractivity contribution in [1.82, 2.24) is 0 Å². The molecule has 18 heavy (non-hydrogen) atoms. The molecule has 2 nitrogen and oxygen atoms in total. The number of carbonyl (C=O) groups excluding carboxylic acids is 1. The van der Waals surface area contributed by atoms with E-state index in [4.69, 9.17) is 5.73 Å². The number of hydrogen-bond acceptors (Lipinski definition) is 2. The van der Waals surface area contributed by atoms with E-state index in [0.717, 1.165) is 12.1 Å². The predicted molar refractivity (Wildman–Crippen MR) is 68.3 cm³/mol. The van der Waals surface area contributed by atoms with Crippen LogP contribution in [0.4, 0.5) is 14.5 Å². The van der Waals surface area contributed by atoms with Gasteiger partial charge in [0.25, 0.3) is 0 Å². The van der Waals surface area contributed by atoms with Gasteiger partial charge in [0.05, 0.1) is 0 Å². The minimum Gasteiger partial charge on any atom is -0.399 e. The molecule has 0 unspecified atom stereocenters. The van der Waals surface area contributed by atoms with Crippen molar-refractivity contribution in [3.63, 3.8) is 0 Å². The second kappa shape index (κ2) is 4.86. The van der Waals surface area contributed by atoms with Crippen molar-refractivity contribution in [3.8, 4) is 0 Å². The van der Waals surface area contributed by atoms with Crippen molar-refractivity contribution in [3.05, 3.63) is 63.6 Å². The van der Waals surface area contributed by atoms with E-state index in [-0.39, 0.29) is 5.56 Å². The molecule has 5 heteroatoms. The molecule has 2 N–H and O–H groups in total. The van der Waals surface area contributed by atoms with Crippen molar-refractivity contribution in [2.45, 2.75) is 0 Å². The third-order valence-electron chi connectivity index (χ3n) is 2.36. The molecule has 0 atom stereocenters. The normalized spacial score (nSPS) is 10.4. The highest BCUT2D eigenvalue weighted by atomic mass is 79.9. The van der Waals surface area contributed by atoms with Crippen LogP contribution >= 0.6 is 15.9 Å². The van der Waals surface area contributed by atoms with Gasteiger partial charge in [-0.3, -0.25) is 4.79 Å². The standard InChI is InChI=1S/C13H8BrF2NO/c14-9-3-8(4-10(17)6-9)13(18)7-1-2-11(15)12(16)5-7/h1-6H,17H2. The Morgan fingerprint density at radius 2 is 1.72 bits per heavy atom. The molecule has 0 aliphatic carbocycles. The average molecular weight is 312 g/mol. The number of nitrogen functional groups attached to an aromatic ring is 1. The third kappa shape index (κ3) is 2.56. The largest absolute Gasteiger partial charge is 0.399 e. The van der Waals surface area contributed by atoms with Gasteiger partial charge in [-0.25, -0.2) is 8.78 Å². The Kier molecular flexibility index (Phi) is 3.43. The Morgan fingerprint density at radius 1 is 1.00 bits per heavy atom. The average Bonchev–Trinajstić information content (AvgIpc) is 2.30. The molecule has 92 valence electrons. The summed E-state index contributed by atoms with van der Waals surface area (Å²) in [4.78, 5) is 12.0. The first kappa shape index (κ1) is 12.7. The summed E-state index contributed by atoms with van der Waals surface area (Å²) in [6, 6.07) is 7.72. The Labute approximate surface area is 111 Å². The summed E-state index contributed by atoms with van der Waals surface area (Å²) < 4.78 is 26.5. The van der Waals surface area contributed by atoms with Gasteiger partial charge in [0, 0.05) is 21.3 Å². The Hall–Kier alpha value is -1.75. The van der Waals surface area contributed by atoms with Gasteiger partial charge in [-0.05, 0) is 36.4 Å². The molecule has 0 aromatic heterocycles. The van der Waals surface area contributed by atoms with Crippen molar-refractivity contribution in [2.75, 3.05) is 5.73 Å². The molecule has 0 bridgehead atoms. The number of ketones is 1. The van der Waals surface area contributed by atoms with Gasteiger partial charge in [-0.2, -0.15) is 0 Å². The van der Waals surface area contributed by atoms with Crippen LogP contribution in [0.1, 0.15) is 15.9 Å². The number of benzene rings is 2. The lowest BCUT2D eigenvalue weighted by Crippen LogP contribution is -2.03. The van der Waals surface area contributed by atoms with Gasteiger partial charge in [0.15, 0.2) is 17.4 Å². The van der Waals surface area contributed by atoms with E-state index in [1.54, 1.807) is 12.1 Å². The summed E-state index contributed by atoms with van der Waals surface area (Å²) in [6.45, 7) is 0. The van der Waals surface area contributed by atoms with Gasteiger partial charge in [-0.15, -0.1) is 0 Å². The summed E-state index contributed by atoms with van der Waals surface area (Å²) >= 11 is 3.21. The predicted octanol–water partition coefficient (Wildman–Crippen LogP) is 3.54. The summed E-state index contributed by atoms with van der Waals surface area (Å²) in [5.41, 5.74) is 6.41. The SMILES string of the molecule is Nc1cc(Br)cc(C(=O)c2ccc(F)c(F)c2)c1. The van der Waals surface area contributed by atoms with Gasteiger partial charge in [0.1, 0.15) is 0 Å². The first-order valence-electron chi connectivity index (χ1n) is 5.03.